The normalized spacial score (nSPS) is 28.9. The van der Waals surface area contributed by atoms with Crippen LogP contribution in [0.15, 0.2) is 41.8 Å². The quantitative estimate of drug-likeness (QED) is 0.655. The Morgan fingerprint density at radius 1 is 1.32 bits per heavy atom. The van der Waals surface area contributed by atoms with Crippen LogP contribution in [0.25, 0.3) is 0 Å². The maximum atomic E-state index is 13.0. The zero-order chi connectivity index (χ0) is 15.3. The molecular formula is C16H14N2O2S2. The molecule has 6 heteroatoms. The highest BCUT2D eigenvalue weighted by Crippen LogP contribution is 2.46. The van der Waals surface area contributed by atoms with Gasteiger partial charge in [-0.1, -0.05) is 24.3 Å². The Morgan fingerprint density at radius 2 is 2.14 bits per heavy atom. The monoisotopic (exact) mass is 330 g/mol. The van der Waals surface area contributed by atoms with Crippen LogP contribution in [-0.4, -0.2) is 16.6 Å². The molecule has 4 rings (SSSR count). The number of thiocarbonyl (C=S) groups is 1. The Labute approximate surface area is 137 Å². The van der Waals surface area contributed by atoms with Gasteiger partial charge in [0.05, 0.1) is 10.9 Å². The van der Waals surface area contributed by atoms with E-state index in [0.717, 1.165) is 16.2 Å². The molecule has 112 valence electrons. The molecule has 0 spiro atoms. The summed E-state index contributed by atoms with van der Waals surface area (Å²) in [6.45, 7) is 1.89. The van der Waals surface area contributed by atoms with Gasteiger partial charge in [0, 0.05) is 5.56 Å². The highest BCUT2D eigenvalue weighted by atomic mass is 32.1. The molecule has 0 saturated carbocycles. The van der Waals surface area contributed by atoms with Crippen molar-refractivity contribution in [3.05, 3.63) is 52.2 Å². The van der Waals surface area contributed by atoms with Gasteiger partial charge < -0.3 is 15.4 Å². The summed E-state index contributed by atoms with van der Waals surface area (Å²) >= 11 is 6.74. The van der Waals surface area contributed by atoms with E-state index in [1.807, 2.05) is 48.7 Å². The van der Waals surface area contributed by atoms with E-state index in [1.165, 1.54) is 11.3 Å². The maximum absolute atomic E-state index is 13.0. The van der Waals surface area contributed by atoms with Gasteiger partial charge in [0.15, 0.2) is 16.6 Å². The molecule has 0 amide bonds. The van der Waals surface area contributed by atoms with Crippen LogP contribution in [0.3, 0.4) is 0 Å². The molecule has 22 heavy (non-hydrogen) atoms. The fourth-order valence-electron chi connectivity index (χ4n) is 3.26. The van der Waals surface area contributed by atoms with Gasteiger partial charge in [0.25, 0.3) is 0 Å². The van der Waals surface area contributed by atoms with E-state index < -0.39 is 5.72 Å². The van der Waals surface area contributed by atoms with Crippen molar-refractivity contribution in [3.63, 3.8) is 0 Å². The molecule has 1 fully saturated rings. The van der Waals surface area contributed by atoms with Gasteiger partial charge in [-0.2, -0.15) is 0 Å². The molecule has 2 aromatic rings. The summed E-state index contributed by atoms with van der Waals surface area (Å²) in [6.07, 6.45) is 0. The molecule has 0 aliphatic carbocycles. The highest BCUT2D eigenvalue weighted by molar-refractivity contribution is 7.80. The number of hydrogen-bond acceptors (Lipinski definition) is 4. The summed E-state index contributed by atoms with van der Waals surface area (Å²) in [5.74, 6) is 0.472. The average Bonchev–Trinajstić information content (AvgIpc) is 2.99. The van der Waals surface area contributed by atoms with Crippen LogP contribution in [0, 0.1) is 5.92 Å². The number of ether oxygens (including phenoxy) is 1. The first-order valence-corrected chi connectivity index (χ1v) is 8.31. The lowest BCUT2D eigenvalue weighted by molar-refractivity contribution is -0.0228. The molecule has 0 radical (unpaired) electrons. The summed E-state index contributed by atoms with van der Waals surface area (Å²) in [4.78, 5) is 13.7. The zero-order valence-corrected chi connectivity index (χ0v) is 13.5. The molecular weight excluding hydrogens is 316 g/mol. The number of benzene rings is 1. The molecule has 1 saturated heterocycles. The molecule has 2 bridgehead atoms. The van der Waals surface area contributed by atoms with E-state index in [1.54, 1.807) is 0 Å². The van der Waals surface area contributed by atoms with E-state index in [0.29, 0.717) is 5.11 Å². The number of ketones is 1. The van der Waals surface area contributed by atoms with Crippen LogP contribution < -0.4 is 15.4 Å². The summed E-state index contributed by atoms with van der Waals surface area (Å²) in [6, 6.07) is 11.3. The topological polar surface area (TPSA) is 50.4 Å². The van der Waals surface area contributed by atoms with Crippen molar-refractivity contribution in [2.45, 2.75) is 18.7 Å². The van der Waals surface area contributed by atoms with Crippen LogP contribution >= 0.6 is 23.6 Å². The van der Waals surface area contributed by atoms with Crippen LogP contribution in [0.2, 0.25) is 0 Å². The predicted molar refractivity (Wildman–Crippen MR) is 89.2 cm³/mol. The minimum absolute atomic E-state index is 0.0690. The van der Waals surface area contributed by atoms with Gasteiger partial charge in [-0.15, -0.1) is 11.3 Å². The maximum Gasteiger partial charge on any atom is 0.192 e. The van der Waals surface area contributed by atoms with Gasteiger partial charge in [-0.25, -0.2) is 0 Å². The van der Waals surface area contributed by atoms with Gasteiger partial charge in [-0.3, -0.25) is 4.79 Å². The van der Waals surface area contributed by atoms with Gasteiger partial charge in [-0.05, 0) is 36.7 Å². The summed E-state index contributed by atoms with van der Waals surface area (Å²) in [5.41, 5.74) is 0.126. The van der Waals surface area contributed by atoms with Crippen molar-refractivity contribution in [1.29, 1.82) is 0 Å². The Morgan fingerprint density at radius 3 is 2.91 bits per heavy atom. The van der Waals surface area contributed by atoms with E-state index >= 15 is 0 Å². The Bertz CT molecular complexity index is 759. The van der Waals surface area contributed by atoms with Crippen LogP contribution in [0.4, 0.5) is 0 Å². The molecule has 3 heterocycles. The van der Waals surface area contributed by atoms with Crippen molar-refractivity contribution in [2.75, 3.05) is 0 Å². The zero-order valence-electron chi connectivity index (χ0n) is 11.8. The number of carbonyl (C=O) groups excluding carboxylic acids is 1. The number of para-hydroxylation sites is 1. The first-order chi connectivity index (χ1) is 10.6. The van der Waals surface area contributed by atoms with E-state index in [9.17, 15) is 4.79 Å². The summed E-state index contributed by atoms with van der Waals surface area (Å²) in [5, 5.41) is 8.81. The summed E-state index contributed by atoms with van der Waals surface area (Å²) in [7, 11) is 0. The lowest BCUT2D eigenvalue weighted by Crippen LogP contribution is -2.69. The Balaban J connectivity index is 1.85. The molecule has 2 N–H and O–H groups in total. The molecule has 0 unspecified atom stereocenters. The van der Waals surface area contributed by atoms with Gasteiger partial charge in [0.1, 0.15) is 11.7 Å². The second kappa shape index (κ2) is 4.79. The third kappa shape index (κ3) is 1.94. The number of nitrogens with one attached hydrogen (secondary N) is 2. The van der Waals surface area contributed by atoms with Crippen LogP contribution in [0.5, 0.6) is 5.75 Å². The van der Waals surface area contributed by atoms with Crippen molar-refractivity contribution < 1.29 is 9.53 Å². The molecule has 1 aromatic heterocycles. The van der Waals surface area contributed by atoms with Crippen molar-refractivity contribution in [2.24, 2.45) is 5.92 Å². The van der Waals surface area contributed by atoms with Crippen LogP contribution in [0.1, 0.15) is 28.2 Å². The number of hydrogen-bond donors (Lipinski definition) is 2. The largest absolute Gasteiger partial charge is 0.467 e. The Hall–Kier alpha value is -1.92. The SMILES string of the molecule is C[C@@]12NC(=S)N[C@@H](c3ccccc3O1)[C@H]2C(=O)c1cccs1. The third-order valence-electron chi connectivity index (χ3n) is 4.20. The lowest BCUT2D eigenvalue weighted by Gasteiger charge is -2.50. The first-order valence-electron chi connectivity index (χ1n) is 7.03. The Kier molecular flexibility index (Phi) is 2.99. The van der Waals surface area contributed by atoms with Gasteiger partial charge >= 0.3 is 0 Å². The minimum Gasteiger partial charge on any atom is -0.467 e. The number of Topliss-reactive ketones (excluding diaryl/α,β-unsaturated/α-hetero) is 1. The first kappa shape index (κ1) is 13.7. The second-order valence-corrected chi connectivity index (χ2v) is 7.00. The molecule has 3 atom stereocenters. The average molecular weight is 330 g/mol. The lowest BCUT2D eigenvalue weighted by atomic mass is 9.77. The fraction of sp³-hybridized carbons (Fsp3) is 0.250. The molecule has 2 aliphatic heterocycles. The van der Waals surface area contributed by atoms with E-state index in [-0.39, 0.29) is 17.7 Å². The standard InChI is InChI=1S/C16H14N2O2S2/c1-16-12(14(19)11-7-4-8-22-11)13(17-15(21)18-16)9-5-2-3-6-10(9)20-16/h2-8,12-13H,1H3,(H2,17,18,21)/t12-,13-,16+/m0/s1. The number of thiophene rings is 1. The minimum atomic E-state index is -0.845. The predicted octanol–water partition coefficient (Wildman–Crippen LogP) is 2.87. The highest BCUT2D eigenvalue weighted by Gasteiger charge is 2.54. The second-order valence-electron chi connectivity index (χ2n) is 5.64. The number of carbonyl (C=O) groups is 1. The molecule has 2 aliphatic rings. The number of fused-ring (bicyclic) bond motifs is 4. The van der Waals surface area contributed by atoms with Crippen molar-refractivity contribution in [1.82, 2.24) is 10.6 Å². The van der Waals surface area contributed by atoms with Crippen molar-refractivity contribution in [3.8, 4) is 5.75 Å². The smallest absolute Gasteiger partial charge is 0.192 e. The van der Waals surface area contributed by atoms with Crippen LogP contribution in [-0.2, 0) is 0 Å². The van der Waals surface area contributed by atoms with Crippen molar-refractivity contribution >= 4 is 34.5 Å². The van der Waals surface area contributed by atoms with Gasteiger partial charge in [0.2, 0.25) is 0 Å². The molecule has 4 nitrogen and oxygen atoms in total. The molecule has 1 aromatic carbocycles. The number of rotatable bonds is 2. The van der Waals surface area contributed by atoms with E-state index in [2.05, 4.69) is 10.6 Å². The summed E-state index contributed by atoms with van der Waals surface area (Å²) < 4.78 is 6.14. The fourth-order valence-corrected chi connectivity index (χ4v) is 4.29. The van der Waals surface area contributed by atoms with E-state index in [4.69, 9.17) is 17.0 Å². The third-order valence-corrected chi connectivity index (χ3v) is 5.30.